The molecule has 6 nitrogen and oxygen atoms in total. The fourth-order valence-electron chi connectivity index (χ4n) is 2.71. The fourth-order valence-corrected chi connectivity index (χ4v) is 2.71. The van der Waals surface area contributed by atoms with E-state index in [0.29, 0.717) is 6.42 Å². The molecule has 1 fully saturated rings. The number of carbonyl (C=O) groups excluding carboxylic acids is 1. The molecule has 0 aromatic carbocycles. The molecular formula is C15H26ClN5O. The van der Waals surface area contributed by atoms with Crippen LogP contribution in [-0.2, 0) is 4.79 Å². The lowest BCUT2D eigenvalue weighted by Crippen LogP contribution is -2.57. The van der Waals surface area contributed by atoms with Crippen molar-refractivity contribution in [3.05, 3.63) is 18.5 Å². The molecule has 1 amide bonds. The molecule has 2 rings (SSSR count). The van der Waals surface area contributed by atoms with Gasteiger partial charge in [-0.1, -0.05) is 13.3 Å². The number of anilines is 1. The summed E-state index contributed by atoms with van der Waals surface area (Å²) in [7, 11) is 0. The first kappa shape index (κ1) is 18.6. The lowest BCUT2D eigenvalue weighted by molar-refractivity contribution is -0.126. The van der Waals surface area contributed by atoms with Gasteiger partial charge in [-0.25, -0.2) is 9.97 Å². The largest absolute Gasteiger partial charge is 0.350 e. The molecule has 1 aromatic heterocycles. The first-order chi connectivity index (χ1) is 10.0. The highest BCUT2D eigenvalue weighted by Gasteiger charge is 2.30. The molecule has 1 saturated heterocycles. The third-order valence-corrected chi connectivity index (χ3v) is 3.88. The Labute approximate surface area is 138 Å². The average molecular weight is 328 g/mol. The zero-order chi connectivity index (χ0) is 15.3. The highest BCUT2D eigenvalue weighted by atomic mass is 35.5. The second kappa shape index (κ2) is 8.29. The van der Waals surface area contributed by atoms with E-state index in [4.69, 9.17) is 5.73 Å². The van der Waals surface area contributed by atoms with Gasteiger partial charge in [-0.3, -0.25) is 4.79 Å². The van der Waals surface area contributed by atoms with E-state index in [0.717, 1.165) is 38.3 Å². The lowest BCUT2D eigenvalue weighted by atomic mass is 9.95. The third-order valence-electron chi connectivity index (χ3n) is 3.88. The van der Waals surface area contributed by atoms with E-state index in [1.165, 1.54) is 0 Å². The number of piperidine rings is 1. The molecule has 0 bridgehead atoms. The topological polar surface area (TPSA) is 84.1 Å². The van der Waals surface area contributed by atoms with E-state index in [-0.39, 0.29) is 24.4 Å². The van der Waals surface area contributed by atoms with Gasteiger partial charge in [-0.2, -0.15) is 0 Å². The highest BCUT2D eigenvalue weighted by molar-refractivity contribution is 5.86. The summed E-state index contributed by atoms with van der Waals surface area (Å²) in [6, 6.07) is 1.91. The average Bonchev–Trinajstić information content (AvgIpc) is 2.48. The molecule has 0 aliphatic carbocycles. The molecule has 1 aromatic rings. The van der Waals surface area contributed by atoms with Crippen molar-refractivity contribution in [3.8, 4) is 0 Å². The van der Waals surface area contributed by atoms with Gasteiger partial charge in [0.15, 0.2) is 0 Å². The lowest BCUT2D eigenvalue weighted by Gasteiger charge is -2.35. The first-order valence-electron chi connectivity index (χ1n) is 7.64. The van der Waals surface area contributed by atoms with Crippen molar-refractivity contribution in [2.75, 3.05) is 18.0 Å². The van der Waals surface area contributed by atoms with Gasteiger partial charge in [0.25, 0.3) is 0 Å². The SMILES string of the molecule is CCCC(C)(N)C(=O)NC1CCCN(c2ncccn2)C1.Cl. The number of hydrogen-bond donors (Lipinski definition) is 2. The molecule has 1 aliphatic rings. The molecule has 7 heteroatoms. The normalized spacial score (nSPS) is 20.7. The molecule has 0 spiro atoms. The molecule has 3 N–H and O–H groups in total. The molecular weight excluding hydrogens is 302 g/mol. The monoisotopic (exact) mass is 327 g/mol. The minimum atomic E-state index is -0.791. The Hall–Kier alpha value is -1.40. The van der Waals surface area contributed by atoms with E-state index >= 15 is 0 Å². The van der Waals surface area contributed by atoms with Crippen LogP contribution in [0.25, 0.3) is 0 Å². The van der Waals surface area contributed by atoms with Crippen LogP contribution in [0.5, 0.6) is 0 Å². The minimum absolute atomic E-state index is 0. The van der Waals surface area contributed by atoms with Crippen LogP contribution in [0.4, 0.5) is 5.95 Å². The van der Waals surface area contributed by atoms with Crippen LogP contribution < -0.4 is 16.0 Å². The van der Waals surface area contributed by atoms with Crippen molar-refractivity contribution in [2.45, 2.75) is 51.1 Å². The van der Waals surface area contributed by atoms with E-state index in [2.05, 4.69) is 20.2 Å². The fraction of sp³-hybridized carbons (Fsp3) is 0.667. The Morgan fingerprint density at radius 2 is 2.18 bits per heavy atom. The first-order valence-corrected chi connectivity index (χ1v) is 7.64. The highest BCUT2D eigenvalue weighted by Crippen LogP contribution is 2.16. The number of nitrogens with one attached hydrogen (secondary N) is 1. The maximum atomic E-state index is 12.3. The van der Waals surface area contributed by atoms with Gasteiger partial charge in [0.05, 0.1) is 5.54 Å². The second-order valence-electron chi connectivity index (χ2n) is 5.97. The van der Waals surface area contributed by atoms with Crippen molar-refractivity contribution in [2.24, 2.45) is 5.73 Å². The van der Waals surface area contributed by atoms with E-state index in [9.17, 15) is 4.79 Å². The Bertz CT molecular complexity index is 468. The van der Waals surface area contributed by atoms with Crippen LogP contribution in [0.1, 0.15) is 39.5 Å². The molecule has 22 heavy (non-hydrogen) atoms. The Morgan fingerprint density at radius 3 is 2.82 bits per heavy atom. The van der Waals surface area contributed by atoms with E-state index in [1.54, 1.807) is 25.4 Å². The molecule has 2 heterocycles. The standard InChI is InChI=1S/C15H25N5O.ClH/c1-3-7-15(2,16)13(21)19-12-6-4-10-20(11-12)14-17-8-5-9-18-14;/h5,8-9,12H,3-4,6-7,10-11,16H2,1-2H3,(H,19,21);1H. The van der Waals surface area contributed by atoms with E-state index in [1.807, 2.05) is 6.92 Å². The Balaban J connectivity index is 0.00000242. The number of halogens is 1. The van der Waals surface area contributed by atoms with Crippen molar-refractivity contribution < 1.29 is 4.79 Å². The van der Waals surface area contributed by atoms with Gasteiger partial charge in [-0.05, 0) is 32.3 Å². The molecule has 124 valence electrons. The number of amides is 1. The summed E-state index contributed by atoms with van der Waals surface area (Å²) >= 11 is 0. The van der Waals surface area contributed by atoms with Crippen LogP contribution in [0.3, 0.4) is 0 Å². The summed E-state index contributed by atoms with van der Waals surface area (Å²) < 4.78 is 0. The van der Waals surface area contributed by atoms with Gasteiger partial charge < -0.3 is 16.0 Å². The second-order valence-corrected chi connectivity index (χ2v) is 5.97. The maximum absolute atomic E-state index is 12.3. The molecule has 0 saturated carbocycles. The quantitative estimate of drug-likeness (QED) is 0.856. The van der Waals surface area contributed by atoms with Crippen molar-refractivity contribution in [1.82, 2.24) is 15.3 Å². The maximum Gasteiger partial charge on any atom is 0.240 e. The molecule has 1 aliphatic heterocycles. The van der Waals surface area contributed by atoms with Crippen molar-refractivity contribution in [3.63, 3.8) is 0 Å². The summed E-state index contributed by atoms with van der Waals surface area (Å²) in [5, 5.41) is 3.08. The van der Waals surface area contributed by atoms with Gasteiger partial charge >= 0.3 is 0 Å². The molecule has 2 atom stereocenters. The predicted octanol–water partition coefficient (Wildman–Crippen LogP) is 1.50. The molecule has 2 unspecified atom stereocenters. The van der Waals surface area contributed by atoms with Gasteiger partial charge in [0, 0.05) is 31.5 Å². The van der Waals surface area contributed by atoms with Crippen LogP contribution in [-0.4, -0.2) is 40.5 Å². The smallest absolute Gasteiger partial charge is 0.240 e. The van der Waals surface area contributed by atoms with Gasteiger partial charge in [0.1, 0.15) is 0 Å². The number of nitrogens with two attached hydrogens (primary N) is 1. The third kappa shape index (κ3) is 4.81. The van der Waals surface area contributed by atoms with Crippen LogP contribution in [0.15, 0.2) is 18.5 Å². The van der Waals surface area contributed by atoms with E-state index < -0.39 is 5.54 Å². The zero-order valence-electron chi connectivity index (χ0n) is 13.3. The summed E-state index contributed by atoms with van der Waals surface area (Å²) in [5.41, 5.74) is 5.29. The number of carbonyl (C=O) groups is 1. The molecule has 0 radical (unpaired) electrons. The Morgan fingerprint density at radius 1 is 1.50 bits per heavy atom. The van der Waals surface area contributed by atoms with Crippen molar-refractivity contribution in [1.29, 1.82) is 0 Å². The summed E-state index contributed by atoms with van der Waals surface area (Å²) in [5.74, 6) is 0.658. The summed E-state index contributed by atoms with van der Waals surface area (Å²) in [6.45, 7) is 5.49. The predicted molar refractivity (Wildman–Crippen MR) is 90.2 cm³/mol. The number of nitrogens with zero attached hydrogens (tertiary/aromatic N) is 3. The van der Waals surface area contributed by atoms with Crippen LogP contribution in [0.2, 0.25) is 0 Å². The van der Waals surface area contributed by atoms with Crippen LogP contribution >= 0.6 is 12.4 Å². The summed E-state index contributed by atoms with van der Waals surface area (Å²) in [4.78, 5) is 22.9. The van der Waals surface area contributed by atoms with Crippen molar-refractivity contribution >= 4 is 24.3 Å². The number of aromatic nitrogens is 2. The van der Waals surface area contributed by atoms with Gasteiger partial charge in [0.2, 0.25) is 11.9 Å². The van der Waals surface area contributed by atoms with Crippen LogP contribution in [0, 0.1) is 0 Å². The van der Waals surface area contributed by atoms with Gasteiger partial charge in [-0.15, -0.1) is 12.4 Å². The Kier molecular flexibility index (Phi) is 7.03. The number of hydrogen-bond acceptors (Lipinski definition) is 5. The number of rotatable bonds is 5. The minimum Gasteiger partial charge on any atom is -0.350 e. The zero-order valence-corrected chi connectivity index (χ0v) is 14.1. The summed E-state index contributed by atoms with van der Waals surface area (Å²) in [6.07, 6.45) is 7.05.